The van der Waals surface area contributed by atoms with Gasteiger partial charge in [0.1, 0.15) is 24.0 Å². The minimum absolute atomic E-state index is 0.170. The maximum Gasteiger partial charge on any atom is 0.123 e. The van der Waals surface area contributed by atoms with Crippen molar-refractivity contribution in [3.8, 4) is 5.75 Å². The van der Waals surface area contributed by atoms with Gasteiger partial charge in [0.05, 0.1) is 0 Å². The zero-order chi connectivity index (χ0) is 15.6. The first-order valence-corrected chi connectivity index (χ1v) is 7.20. The second-order valence-corrected chi connectivity index (χ2v) is 5.67. The Morgan fingerprint density at radius 2 is 1.86 bits per heavy atom. The summed E-state index contributed by atoms with van der Waals surface area (Å²) in [5.74, 6) is 0.141. The molecule has 0 aliphatic carbocycles. The molecular formula is C16H16BrFN2O. The second kappa shape index (κ2) is 6.26. The smallest absolute Gasteiger partial charge is 0.123 e. The highest BCUT2D eigenvalue weighted by Crippen LogP contribution is 2.27. The van der Waals surface area contributed by atoms with E-state index in [0.717, 1.165) is 21.3 Å². The number of ether oxygens (including phenoxy) is 1. The van der Waals surface area contributed by atoms with E-state index in [2.05, 4.69) is 15.9 Å². The molecule has 3 nitrogen and oxygen atoms in total. The molecule has 0 fully saturated rings. The third-order valence-corrected chi connectivity index (χ3v) is 4.42. The third-order valence-electron chi connectivity index (χ3n) is 3.17. The van der Waals surface area contributed by atoms with Crippen molar-refractivity contribution in [2.24, 2.45) is 5.73 Å². The highest BCUT2D eigenvalue weighted by atomic mass is 79.9. The lowest BCUT2D eigenvalue weighted by molar-refractivity contribution is 0.305. The van der Waals surface area contributed by atoms with Crippen molar-refractivity contribution in [2.75, 3.05) is 0 Å². The molecule has 0 bridgehead atoms. The van der Waals surface area contributed by atoms with Gasteiger partial charge in [0.15, 0.2) is 0 Å². The van der Waals surface area contributed by atoms with E-state index < -0.39 is 5.82 Å². The van der Waals surface area contributed by atoms with Gasteiger partial charge in [0, 0.05) is 15.6 Å². The molecule has 0 spiro atoms. The Morgan fingerprint density at radius 3 is 2.43 bits per heavy atom. The molecule has 0 saturated carbocycles. The quantitative estimate of drug-likeness (QED) is 0.644. The number of amidine groups is 1. The number of nitrogen functional groups attached to an aromatic ring is 1. The minimum Gasteiger partial charge on any atom is -0.489 e. The first-order chi connectivity index (χ1) is 9.88. The molecule has 0 atom stereocenters. The SMILES string of the molecule is Cc1cc(OCc2ccc(F)cc2C(=N)N)cc(C)c1Br. The number of nitrogens with one attached hydrogen (secondary N) is 1. The summed E-state index contributed by atoms with van der Waals surface area (Å²) in [6.45, 7) is 4.21. The maximum atomic E-state index is 13.2. The van der Waals surface area contributed by atoms with Crippen molar-refractivity contribution in [2.45, 2.75) is 20.5 Å². The average Bonchev–Trinajstić information content (AvgIpc) is 2.43. The second-order valence-electron chi connectivity index (χ2n) is 4.87. The molecule has 0 aromatic heterocycles. The molecular weight excluding hydrogens is 335 g/mol. The first kappa shape index (κ1) is 15.5. The molecule has 0 heterocycles. The molecule has 110 valence electrons. The van der Waals surface area contributed by atoms with Crippen LogP contribution in [0, 0.1) is 25.1 Å². The van der Waals surface area contributed by atoms with Gasteiger partial charge < -0.3 is 10.5 Å². The van der Waals surface area contributed by atoms with Gasteiger partial charge in [0.2, 0.25) is 0 Å². The zero-order valence-corrected chi connectivity index (χ0v) is 13.4. The molecule has 0 saturated heterocycles. The predicted octanol–water partition coefficient (Wildman–Crippen LogP) is 4.07. The molecule has 2 aromatic carbocycles. The van der Waals surface area contributed by atoms with Crippen molar-refractivity contribution in [1.82, 2.24) is 0 Å². The predicted molar refractivity (Wildman–Crippen MR) is 85.4 cm³/mol. The number of aryl methyl sites for hydroxylation is 2. The summed E-state index contributed by atoms with van der Waals surface area (Å²) >= 11 is 3.51. The molecule has 0 amide bonds. The van der Waals surface area contributed by atoms with Crippen LogP contribution < -0.4 is 10.5 Å². The van der Waals surface area contributed by atoms with Crippen molar-refractivity contribution in [3.05, 3.63) is 62.9 Å². The van der Waals surface area contributed by atoms with Crippen LogP contribution in [0.3, 0.4) is 0 Å². The van der Waals surface area contributed by atoms with E-state index >= 15 is 0 Å². The van der Waals surface area contributed by atoms with Crippen molar-refractivity contribution in [3.63, 3.8) is 0 Å². The van der Waals surface area contributed by atoms with Gasteiger partial charge in [-0.2, -0.15) is 0 Å². The molecule has 5 heteroatoms. The highest BCUT2D eigenvalue weighted by molar-refractivity contribution is 9.10. The summed E-state index contributed by atoms with van der Waals surface area (Å²) in [6.07, 6.45) is 0. The average molecular weight is 351 g/mol. The van der Waals surface area contributed by atoms with Crippen LogP contribution in [-0.4, -0.2) is 5.84 Å². The van der Waals surface area contributed by atoms with E-state index in [9.17, 15) is 4.39 Å². The Hall–Kier alpha value is -1.88. The first-order valence-electron chi connectivity index (χ1n) is 6.41. The van der Waals surface area contributed by atoms with Crippen LogP contribution in [0.4, 0.5) is 4.39 Å². The molecule has 0 radical (unpaired) electrons. The van der Waals surface area contributed by atoms with Crippen LogP contribution in [0.1, 0.15) is 22.3 Å². The number of hydrogen-bond acceptors (Lipinski definition) is 2. The Morgan fingerprint density at radius 1 is 1.24 bits per heavy atom. The lowest BCUT2D eigenvalue weighted by Crippen LogP contribution is -2.15. The van der Waals surface area contributed by atoms with E-state index in [1.807, 2.05) is 26.0 Å². The molecule has 0 aliphatic rings. The molecule has 0 unspecified atom stereocenters. The standard InChI is InChI=1S/C16H16BrFN2O/c1-9-5-13(6-10(2)15(9)17)21-8-11-3-4-12(18)7-14(11)16(19)20/h3-7H,8H2,1-2H3,(H3,19,20). The monoisotopic (exact) mass is 350 g/mol. The summed E-state index contributed by atoms with van der Waals surface area (Å²) in [5, 5.41) is 7.50. The van der Waals surface area contributed by atoms with E-state index in [1.165, 1.54) is 12.1 Å². The highest BCUT2D eigenvalue weighted by Gasteiger charge is 2.09. The fraction of sp³-hybridized carbons (Fsp3) is 0.188. The number of hydrogen-bond donors (Lipinski definition) is 2. The van der Waals surface area contributed by atoms with E-state index in [-0.39, 0.29) is 12.4 Å². The fourth-order valence-electron chi connectivity index (χ4n) is 2.08. The number of benzene rings is 2. The molecule has 21 heavy (non-hydrogen) atoms. The normalized spacial score (nSPS) is 10.5. The lowest BCUT2D eigenvalue weighted by atomic mass is 10.1. The Balaban J connectivity index is 2.22. The van der Waals surface area contributed by atoms with Gasteiger partial charge in [-0.05, 0) is 49.2 Å². The Labute approximate surface area is 131 Å². The maximum absolute atomic E-state index is 13.2. The Kier molecular flexibility index (Phi) is 4.63. The Bertz CT molecular complexity index is 678. The third kappa shape index (κ3) is 3.61. The minimum atomic E-state index is -0.417. The van der Waals surface area contributed by atoms with E-state index in [4.69, 9.17) is 15.9 Å². The van der Waals surface area contributed by atoms with Gasteiger partial charge in [-0.1, -0.05) is 22.0 Å². The fourth-order valence-corrected chi connectivity index (χ4v) is 2.30. The van der Waals surface area contributed by atoms with E-state index in [0.29, 0.717) is 11.1 Å². The lowest BCUT2D eigenvalue weighted by Gasteiger charge is -2.12. The summed E-state index contributed by atoms with van der Waals surface area (Å²) in [7, 11) is 0. The zero-order valence-electron chi connectivity index (χ0n) is 11.8. The van der Waals surface area contributed by atoms with Gasteiger partial charge in [-0.3, -0.25) is 5.41 Å². The summed E-state index contributed by atoms with van der Waals surface area (Å²) in [6, 6.07) is 8.02. The van der Waals surface area contributed by atoms with Crippen LogP contribution in [-0.2, 0) is 6.61 Å². The van der Waals surface area contributed by atoms with Gasteiger partial charge in [-0.25, -0.2) is 4.39 Å². The van der Waals surface area contributed by atoms with Crippen LogP contribution in [0.5, 0.6) is 5.75 Å². The summed E-state index contributed by atoms with van der Waals surface area (Å²) < 4.78 is 20.0. The number of nitrogens with two attached hydrogens (primary N) is 1. The van der Waals surface area contributed by atoms with Crippen molar-refractivity contribution >= 4 is 21.8 Å². The summed E-state index contributed by atoms with van der Waals surface area (Å²) in [4.78, 5) is 0. The van der Waals surface area contributed by atoms with Crippen LogP contribution in [0.25, 0.3) is 0 Å². The van der Waals surface area contributed by atoms with Gasteiger partial charge >= 0.3 is 0 Å². The molecule has 0 aliphatic heterocycles. The van der Waals surface area contributed by atoms with Crippen LogP contribution in [0.15, 0.2) is 34.8 Å². The van der Waals surface area contributed by atoms with Crippen LogP contribution in [0.2, 0.25) is 0 Å². The molecule has 3 N–H and O–H groups in total. The van der Waals surface area contributed by atoms with Crippen molar-refractivity contribution < 1.29 is 9.13 Å². The molecule has 2 rings (SSSR count). The van der Waals surface area contributed by atoms with Gasteiger partial charge in [-0.15, -0.1) is 0 Å². The topological polar surface area (TPSA) is 59.1 Å². The van der Waals surface area contributed by atoms with Crippen LogP contribution >= 0.6 is 15.9 Å². The van der Waals surface area contributed by atoms with E-state index in [1.54, 1.807) is 6.07 Å². The largest absolute Gasteiger partial charge is 0.489 e. The number of halogens is 2. The summed E-state index contributed by atoms with van der Waals surface area (Å²) in [5.41, 5.74) is 8.68. The number of rotatable bonds is 4. The van der Waals surface area contributed by atoms with Gasteiger partial charge in [0.25, 0.3) is 0 Å². The molecule has 2 aromatic rings. The van der Waals surface area contributed by atoms with Crippen molar-refractivity contribution in [1.29, 1.82) is 5.41 Å².